The fourth-order valence-electron chi connectivity index (χ4n) is 2.12. The molecule has 0 aliphatic rings. The van der Waals surface area contributed by atoms with Gasteiger partial charge in [0.1, 0.15) is 0 Å². The van der Waals surface area contributed by atoms with Crippen molar-refractivity contribution in [3.63, 3.8) is 0 Å². The third-order valence-electron chi connectivity index (χ3n) is 3.28. The van der Waals surface area contributed by atoms with Crippen LogP contribution in [0, 0.1) is 13.8 Å². The Bertz CT molecular complexity index is 590. The van der Waals surface area contributed by atoms with Gasteiger partial charge in [0, 0.05) is 25.2 Å². The first-order valence-electron chi connectivity index (χ1n) is 7.26. The number of anilines is 1. The second kappa shape index (κ2) is 7.60. The third kappa shape index (κ3) is 5.40. The van der Waals surface area contributed by atoms with Gasteiger partial charge in [-0.1, -0.05) is 47.5 Å². The Morgan fingerprint density at radius 2 is 1.76 bits per heavy atom. The zero-order chi connectivity index (χ0) is 15.1. The molecule has 0 atom stereocenters. The first kappa shape index (κ1) is 15.3. The smallest absolute Gasteiger partial charge is 0.225 e. The van der Waals surface area contributed by atoms with Crippen LogP contribution in [0.4, 0.5) is 5.69 Å². The van der Waals surface area contributed by atoms with Gasteiger partial charge in [-0.3, -0.25) is 4.79 Å². The lowest BCUT2D eigenvalue weighted by Crippen LogP contribution is -2.21. The molecule has 0 saturated carbocycles. The average molecular weight is 282 g/mol. The van der Waals surface area contributed by atoms with Crippen LogP contribution in [0.1, 0.15) is 23.1 Å². The summed E-state index contributed by atoms with van der Waals surface area (Å²) in [6.45, 7) is 5.57. The van der Waals surface area contributed by atoms with E-state index < -0.39 is 0 Å². The van der Waals surface area contributed by atoms with Crippen molar-refractivity contribution in [2.24, 2.45) is 0 Å². The molecule has 0 bridgehead atoms. The maximum atomic E-state index is 11.8. The van der Waals surface area contributed by atoms with Crippen LogP contribution in [0.15, 0.2) is 48.5 Å². The summed E-state index contributed by atoms with van der Waals surface area (Å²) in [5.74, 6) is 0.0376. The van der Waals surface area contributed by atoms with E-state index in [1.807, 2.05) is 31.2 Å². The molecule has 0 radical (unpaired) electrons. The molecule has 3 nitrogen and oxygen atoms in total. The zero-order valence-electron chi connectivity index (χ0n) is 12.6. The lowest BCUT2D eigenvalue weighted by molar-refractivity contribution is -0.116. The lowest BCUT2D eigenvalue weighted by atomic mass is 10.1. The van der Waals surface area contributed by atoms with Crippen molar-refractivity contribution >= 4 is 11.6 Å². The lowest BCUT2D eigenvalue weighted by Gasteiger charge is -2.07. The molecule has 0 unspecified atom stereocenters. The quantitative estimate of drug-likeness (QED) is 0.797. The highest BCUT2D eigenvalue weighted by atomic mass is 16.1. The van der Waals surface area contributed by atoms with Gasteiger partial charge in [0.05, 0.1) is 0 Å². The second-order valence-corrected chi connectivity index (χ2v) is 5.33. The molecule has 0 aliphatic heterocycles. The predicted octanol–water partition coefficient (Wildman–Crippen LogP) is 3.42. The number of hydrogen-bond acceptors (Lipinski definition) is 2. The first-order chi connectivity index (χ1) is 10.1. The largest absolute Gasteiger partial charge is 0.326 e. The van der Waals surface area contributed by atoms with Gasteiger partial charge in [-0.2, -0.15) is 0 Å². The molecule has 3 heteroatoms. The number of nitrogens with one attached hydrogen (secondary N) is 2. The number of hydrogen-bond donors (Lipinski definition) is 2. The number of rotatable bonds is 6. The Morgan fingerprint density at radius 3 is 2.48 bits per heavy atom. The van der Waals surface area contributed by atoms with Crippen molar-refractivity contribution in [2.45, 2.75) is 26.8 Å². The summed E-state index contributed by atoms with van der Waals surface area (Å²) in [4.78, 5) is 11.8. The van der Waals surface area contributed by atoms with E-state index in [1.165, 1.54) is 16.7 Å². The fourth-order valence-corrected chi connectivity index (χ4v) is 2.12. The second-order valence-electron chi connectivity index (χ2n) is 5.33. The highest BCUT2D eigenvalue weighted by molar-refractivity contribution is 5.90. The SMILES string of the molecule is Cc1ccc(NC(=O)CCNCc2cccc(C)c2)cc1. The van der Waals surface area contributed by atoms with Gasteiger partial charge in [0.25, 0.3) is 0 Å². The Balaban J connectivity index is 1.68. The first-order valence-corrected chi connectivity index (χ1v) is 7.26. The summed E-state index contributed by atoms with van der Waals surface area (Å²) in [6.07, 6.45) is 0.472. The summed E-state index contributed by atoms with van der Waals surface area (Å²) >= 11 is 0. The fraction of sp³-hybridized carbons (Fsp3) is 0.278. The predicted molar refractivity (Wildman–Crippen MR) is 87.3 cm³/mol. The van der Waals surface area contributed by atoms with Gasteiger partial charge in [-0.05, 0) is 31.5 Å². The van der Waals surface area contributed by atoms with Crippen LogP contribution in [0.2, 0.25) is 0 Å². The van der Waals surface area contributed by atoms with E-state index in [2.05, 4.69) is 41.8 Å². The molecule has 2 aromatic rings. The van der Waals surface area contributed by atoms with Crippen LogP contribution in [0.3, 0.4) is 0 Å². The van der Waals surface area contributed by atoms with Crippen molar-refractivity contribution in [3.05, 3.63) is 65.2 Å². The molecular formula is C18H22N2O. The maximum absolute atomic E-state index is 11.8. The molecule has 2 rings (SSSR count). The minimum Gasteiger partial charge on any atom is -0.326 e. The van der Waals surface area contributed by atoms with E-state index in [0.29, 0.717) is 13.0 Å². The van der Waals surface area contributed by atoms with Gasteiger partial charge in [-0.15, -0.1) is 0 Å². The molecule has 0 fully saturated rings. The molecule has 0 saturated heterocycles. The van der Waals surface area contributed by atoms with Crippen molar-refractivity contribution in [3.8, 4) is 0 Å². The Morgan fingerprint density at radius 1 is 1.00 bits per heavy atom. The van der Waals surface area contributed by atoms with Gasteiger partial charge in [-0.25, -0.2) is 0 Å². The summed E-state index contributed by atoms with van der Waals surface area (Å²) in [7, 11) is 0. The molecule has 0 aromatic heterocycles. The average Bonchev–Trinajstić information content (AvgIpc) is 2.46. The van der Waals surface area contributed by atoms with Crippen molar-refractivity contribution in [2.75, 3.05) is 11.9 Å². The number of amides is 1. The van der Waals surface area contributed by atoms with E-state index in [9.17, 15) is 4.79 Å². The molecule has 110 valence electrons. The number of benzene rings is 2. The number of aryl methyl sites for hydroxylation is 2. The van der Waals surface area contributed by atoms with Gasteiger partial charge in [0.15, 0.2) is 0 Å². The summed E-state index contributed by atoms with van der Waals surface area (Å²) in [6, 6.07) is 16.2. The Hall–Kier alpha value is -2.13. The normalized spacial score (nSPS) is 10.4. The van der Waals surface area contributed by atoms with Crippen LogP contribution in [-0.4, -0.2) is 12.5 Å². The molecular weight excluding hydrogens is 260 g/mol. The van der Waals surface area contributed by atoms with Crippen molar-refractivity contribution in [1.29, 1.82) is 0 Å². The molecule has 21 heavy (non-hydrogen) atoms. The van der Waals surface area contributed by atoms with Crippen LogP contribution in [0.5, 0.6) is 0 Å². The summed E-state index contributed by atoms with van der Waals surface area (Å²) in [5, 5.41) is 6.19. The minimum absolute atomic E-state index is 0.0376. The van der Waals surface area contributed by atoms with Crippen LogP contribution in [0.25, 0.3) is 0 Å². The number of carbonyl (C=O) groups excluding carboxylic acids is 1. The summed E-state index contributed by atoms with van der Waals surface area (Å²) in [5.41, 5.74) is 4.54. The number of carbonyl (C=O) groups is 1. The third-order valence-corrected chi connectivity index (χ3v) is 3.28. The van der Waals surface area contributed by atoms with E-state index >= 15 is 0 Å². The van der Waals surface area contributed by atoms with Gasteiger partial charge in [0.2, 0.25) is 5.91 Å². The zero-order valence-corrected chi connectivity index (χ0v) is 12.6. The Kier molecular flexibility index (Phi) is 5.52. The molecule has 0 aliphatic carbocycles. The van der Waals surface area contributed by atoms with E-state index in [4.69, 9.17) is 0 Å². The molecule has 2 N–H and O–H groups in total. The van der Waals surface area contributed by atoms with E-state index in [-0.39, 0.29) is 5.91 Å². The topological polar surface area (TPSA) is 41.1 Å². The maximum Gasteiger partial charge on any atom is 0.225 e. The monoisotopic (exact) mass is 282 g/mol. The molecule has 2 aromatic carbocycles. The highest BCUT2D eigenvalue weighted by Crippen LogP contribution is 2.08. The molecule has 1 amide bonds. The van der Waals surface area contributed by atoms with E-state index in [1.54, 1.807) is 0 Å². The summed E-state index contributed by atoms with van der Waals surface area (Å²) < 4.78 is 0. The van der Waals surface area contributed by atoms with Gasteiger partial charge < -0.3 is 10.6 Å². The van der Waals surface area contributed by atoms with E-state index in [0.717, 1.165) is 12.2 Å². The van der Waals surface area contributed by atoms with Crippen LogP contribution >= 0.6 is 0 Å². The van der Waals surface area contributed by atoms with Crippen molar-refractivity contribution in [1.82, 2.24) is 5.32 Å². The standard InChI is InChI=1S/C18H22N2O/c1-14-6-8-17(9-7-14)20-18(21)10-11-19-13-16-5-3-4-15(2)12-16/h3-9,12,19H,10-11,13H2,1-2H3,(H,20,21). The molecule has 0 heterocycles. The van der Waals surface area contributed by atoms with Gasteiger partial charge >= 0.3 is 0 Å². The minimum atomic E-state index is 0.0376. The Labute approximate surface area is 126 Å². The highest BCUT2D eigenvalue weighted by Gasteiger charge is 2.02. The molecule has 0 spiro atoms. The van der Waals surface area contributed by atoms with Crippen molar-refractivity contribution < 1.29 is 4.79 Å². The van der Waals surface area contributed by atoms with Crippen LogP contribution < -0.4 is 10.6 Å². The van der Waals surface area contributed by atoms with Crippen LogP contribution in [-0.2, 0) is 11.3 Å².